The molecule has 2 N–H and O–H groups in total. The van der Waals surface area contributed by atoms with Crippen LogP contribution in [0, 0.1) is 0 Å². The third-order valence-corrected chi connectivity index (χ3v) is 2.23. The van der Waals surface area contributed by atoms with Crippen LogP contribution < -0.4 is 5.73 Å². The van der Waals surface area contributed by atoms with E-state index in [1.807, 2.05) is 41.3 Å². The van der Waals surface area contributed by atoms with Gasteiger partial charge in [0.2, 0.25) is 0 Å². The Balaban J connectivity index is 2.44. The molecule has 0 saturated heterocycles. The summed E-state index contributed by atoms with van der Waals surface area (Å²) in [6.45, 7) is 2.94. The van der Waals surface area contributed by atoms with Crippen LogP contribution in [0.2, 0.25) is 0 Å². The van der Waals surface area contributed by atoms with Crippen molar-refractivity contribution in [3.05, 3.63) is 36.7 Å². The maximum Gasteiger partial charge on any atom is 0.0569 e. The maximum absolute atomic E-state index is 5.87. The zero-order chi connectivity index (χ0) is 9.97. The van der Waals surface area contributed by atoms with Gasteiger partial charge in [-0.25, -0.2) is 0 Å². The number of anilines is 1. The lowest BCUT2D eigenvalue weighted by atomic mass is 10.1. The van der Waals surface area contributed by atoms with E-state index >= 15 is 0 Å². The second kappa shape index (κ2) is 3.54. The predicted molar refractivity (Wildman–Crippen MR) is 57.7 cm³/mol. The molecular weight excluding hydrogens is 174 g/mol. The van der Waals surface area contributed by atoms with Gasteiger partial charge in [0.05, 0.1) is 6.20 Å². The first kappa shape index (κ1) is 8.81. The van der Waals surface area contributed by atoms with Crippen molar-refractivity contribution < 1.29 is 0 Å². The fourth-order valence-electron chi connectivity index (χ4n) is 1.44. The molecule has 0 saturated carbocycles. The van der Waals surface area contributed by atoms with Gasteiger partial charge in [0.1, 0.15) is 0 Å². The number of nitrogen functional groups attached to an aromatic ring is 1. The zero-order valence-corrected chi connectivity index (χ0v) is 8.14. The first-order valence-electron chi connectivity index (χ1n) is 4.68. The molecule has 0 amide bonds. The Hall–Kier alpha value is -1.77. The molecule has 1 aromatic carbocycles. The van der Waals surface area contributed by atoms with Crippen molar-refractivity contribution in [3.8, 4) is 11.1 Å². The minimum atomic E-state index is 0.795. The summed E-state index contributed by atoms with van der Waals surface area (Å²) < 4.78 is 1.89. The molecule has 3 heteroatoms. The predicted octanol–water partition coefficient (Wildman–Crippen LogP) is 2.15. The highest BCUT2D eigenvalue weighted by Gasteiger charge is 2.03. The summed E-state index contributed by atoms with van der Waals surface area (Å²) in [5.41, 5.74) is 8.78. The summed E-state index contributed by atoms with van der Waals surface area (Å²) in [4.78, 5) is 0. The normalized spacial score (nSPS) is 10.4. The Morgan fingerprint density at radius 3 is 2.79 bits per heavy atom. The number of hydrogen-bond donors (Lipinski definition) is 1. The molecular formula is C11H13N3. The van der Waals surface area contributed by atoms with Crippen molar-refractivity contribution in [2.24, 2.45) is 0 Å². The summed E-state index contributed by atoms with van der Waals surface area (Å²) in [5, 5.41) is 4.21. The Labute approximate surface area is 83.2 Å². The molecule has 0 spiro atoms. The molecule has 0 atom stereocenters. The number of rotatable bonds is 2. The smallest absolute Gasteiger partial charge is 0.0569 e. The summed E-state index contributed by atoms with van der Waals surface area (Å²) in [6.07, 6.45) is 3.85. The summed E-state index contributed by atoms with van der Waals surface area (Å²) in [7, 11) is 0. The zero-order valence-electron chi connectivity index (χ0n) is 8.14. The molecule has 0 aliphatic rings. The van der Waals surface area contributed by atoms with Crippen LogP contribution in [-0.2, 0) is 6.54 Å². The van der Waals surface area contributed by atoms with Crippen LogP contribution in [0.3, 0.4) is 0 Å². The lowest BCUT2D eigenvalue weighted by molar-refractivity contribution is 0.660. The van der Waals surface area contributed by atoms with Gasteiger partial charge >= 0.3 is 0 Å². The SMILES string of the molecule is CCn1cc(-c2ccccc2N)cn1. The van der Waals surface area contributed by atoms with Gasteiger partial charge in [-0.05, 0) is 13.0 Å². The van der Waals surface area contributed by atoms with Crippen molar-refractivity contribution in [1.29, 1.82) is 0 Å². The molecule has 0 unspecified atom stereocenters. The quantitative estimate of drug-likeness (QED) is 0.732. The Bertz CT molecular complexity index is 432. The van der Waals surface area contributed by atoms with E-state index in [0.29, 0.717) is 0 Å². The Morgan fingerprint density at radius 1 is 1.36 bits per heavy atom. The molecule has 0 bridgehead atoms. The molecule has 0 aliphatic heterocycles. The van der Waals surface area contributed by atoms with Gasteiger partial charge in [-0.2, -0.15) is 5.10 Å². The Kier molecular flexibility index (Phi) is 2.23. The molecule has 14 heavy (non-hydrogen) atoms. The van der Waals surface area contributed by atoms with E-state index in [1.54, 1.807) is 0 Å². The monoisotopic (exact) mass is 187 g/mol. The van der Waals surface area contributed by atoms with E-state index in [9.17, 15) is 0 Å². The topological polar surface area (TPSA) is 43.8 Å². The second-order valence-electron chi connectivity index (χ2n) is 3.17. The van der Waals surface area contributed by atoms with E-state index in [1.165, 1.54) is 0 Å². The van der Waals surface area contributed by atoms with Gasteiger partial charge in [-0.3, -0.25) is 4.68 Å². The molecule has 3 nitrogen and oxygen atoms in total. The van der Waals surface area contributed by atoms with Gasteiger partial charge in [0, 0.05) is 29.6 Å². The van der Waals surface area contributed by atoms with E-state index in [2.05, 4.69) is 12.0 Å². The van der Waals surface area contributed by atoms with Gasteiger partial charge in [0.15, 0.2) is 0 Å². The summed E-state index contributed by atoms with van der Waals surface area (Å²) in [5.74, 6) is 0. The van der Waals surface area contributed by atoms with Gasteiger partial charge in [-0.15, -0.1) is 0 Å². The highest BCUT2D eigenvalue weighted by atomic mass is 15.3. The van der Waals surface area contributed by atoms with E-state index in [4.69, 9.17) is 5.73 Å². The van der Waals surface area contributed by atoms with Crippen molar-refractivity contribution in [2.45, 2.75) is 13.5 Å². The average molecular weight is 187 g/mol. The highest BCUT2D eigenvalue weighted by Crippen LogP contribution is 2.24. The van der Waals surface area contributed by atoms with Crippen molar-refractivity contribution in [2.75, 3.05) is 5.73 Å². The largest absolute Gasteiger partial charge is 0.398 e. The van der Waals surface area contributed by atoms with Crippen LogP contribution in [0.1, 0.15) is 6.92 Å². The van der Waals surface area contributed by atoms with E-state index < -0.39 is 0 Å². The van der Waals surface area contributed by atoms with Crippen molar-refractivity contribution in [3.63, 3.8) is 0 Å². The van der Waals surface area contributed by atoms with Crippen LogP contribution in [0.5, 0.6) is 0 Å². The van der Waals surface area contributed by atoms with Crippen LogP contribution in [0.15, 0.2) is 36.7 Å². The van der Waals surface area contributed by atoms with Gasteiger partial charge in [-0.1, -0.05) is 18.2 Å². The number of nitrogens with two attached hydrogens (primary N) is 1. The summed E-state index contributed by atoms with van der Waals surface area (Å²) >= 11 is 0. The third kappa shape index (κ3) is 1.48. The minimum absolute atomic E-state index is 0.795. The number of nitrogens with zero attached hydrogens (tertiary/aromatic N) is 2. The van der Waals surface area contributed by atoms with Crippen LogP contribution in [-0.4, -0.2) is 9.78 Å². The summed E-state index contributed by atoms with van der Waals surface area (Å²) in [6, 6.07) is 7.82. The molecule has 1 heterocycles. The van der Waals surface area contributed by atoms with Crippen LogP contribution in [0.25, 0.3) is 11.1 Å². The first-order valence-corrected chi connectivity index (χ1v) is 4.68. The van der Waals surface area contributed by atoms with Crippen molar-refractivity contribution >= 4 is 5.69 Å². The standard InChI is InChI=1S/C11H13N3/c1-2-14-8-9(7-13-14)10-5-3-4-6-11(10)12/h3-8H,2,12H2,1H3. The molecule has 2 aromatic rings. The van der Waals surface area contributed by atoms with Crippen LogP contribution >= 0.6 is 0 Å². The van der Waals surface area contributed by atoms with Crippen molar-refractivity contribution in [1.82, 2.24) is 9.78 Å². The fourth-order valence-corrected chi connectivity index (χ4v) is 1.44. The lowest BCUT2D eigenvalue weighted by Crippen LogP contribution is -1.92. The van der Waals surface area contributed by atoms with Crippen LogP contribution in [0.4, 0.5) is 5.69 Å². The Morgan fingerprint density at radius 2 is 2.14 bits per heavy atom. The first-order chi connectivity index (χ1) is 6.81. The molecule has 0 aliphatic carbocycles. The molecule has 0 radical (unpaired) electrons. The molecule has 2 rings (SSSR count). The number of para-hydroxylation sites is 1. The minimum Gasteiger partial charge on any atom is -0.398 e. The van der Waals surface area contributed by atoms with E-state index in [-0.39, 0.29) is 0 Å². The third-order valence-electron chi connectivity index (χ3n) is 2.23. The highest BCUT2D eigenvalue weighted by molar-refractivity contribution is 5.75. The number of aryl methyl sites for hydroxylation is 1. The van der Waals surface area contributed by atoms with Gasteiger partial charge in [0.25, 0.3) is 0 Å². The lowest BCUT2D eigenvalue weighted by Gasteiger charge is -2.00. The maximum atomic E-state index is 5.87. The number of hydrogen-bond acceptors (Lipinski definition) is 2. The van der Waals surface area contributed by atoms with Gasteiger partial charge < -0.3 is 5.73 Å². The fraction of sp³-hybridized carbons (Fsp3) is 0.182. The average Bonchev–Trinajstić information content (AvgIpc) is 2.67. The molecule has 72 valence electrons. The second-order valence-corrected chi connectivity index (χ2v) is 3.17. The number of benzene rings is 1. The molecule has 1 aromatic heterocycles. The molecule has 0 fully saturated rings. The van der Waals surface area contributed by atoms with E-state index in [0.717, 1.165) is 23.4 Å². The number of aromatic nitrogens is 2.